The van der Waals surface area contributed by atoms with Crippen LogP contribution in [0.4, 0.5) is 0 Å². The van der Waals surface area contributed by atoms with Crippen molar-refractivity contribution in [2.75, 3.05) is 7.05 Å². The highest BCUT2D eigenvalue weighted by Gasteiger charge is 2.18. The van der Waals surface area contributed by atoms with Crippen LogP contribution in [0, 0.1) is 13.8 Å². The van der Waals surface area contributed by atoms with Gasteiger partial charge in [-0.15, -0.1) is 11.3 Å². The quantitative estimate of drug-likeness (QED) is 0.421. The summed E-state index contributed by atoms with van der Waals surface area (Å²) in [5, 5.41) is 6.63. The van der Waals surface area contributed by atoms with E-state index in [4.69, 9.17) is 4.74 Å². The van der Waals surface area contributed by atoms with Crippen LogP contribution in [-0.2, 0) is 13.2 Å². The molecule has 7 heteroatoms. The van der Waals surface area contributed by atoms with Crippen LogP contribution >= 0.6 is 11.3 Å². The first-order valence-corrected chi connectivity index (χ1v) is 10.9. The predicted molar refractivity (Wildman–Crippen MR) is 122 cm³/mol. The Morgan fingerprint density at radius 1 is 1.10 bits per heavy atom. The van der Waals surface area contributed by atoms with Crippen molar-refractivity contribution in [2.24, 2.45) is 0 Å². The molecule has 0 bridgehead atoms. The van der Waals surface area contributed by atoms with Gasteiger partial charge in [0.1, 0.15) is 12.4 Å². The molecule has 0 saturated heterocycles. The molecule has 0 spiro atoms. The lowest BCUT2D eigenvalue weighted by Crippen LogP contribution is -2.26. The lowest BCUT2D eigenvalue weighted by Gasteiger charge is -2.18. The smallest absolute Gasteiger partial charge is 0.253 e. The molecule has 0 radical (unpaired) electrons. The Morgan fingerprint density at radius 2 is 1.84 bits per heavy atom. The van der Waals surface area contributed by atoms with Crippen molar-refractivity contribution in [1.82, 2.24) is 19.7 Å². The van der Waals surface area contributed by atoms with E-state index in [1.807, 2.05) is 73.4 Å². The molecule has 0 unspecified atom stereocenters. The molecular weight excluding hydrogens is 408 g/mol. The summed E-state index contributed by atoms with van der Waals surface area (Å²) in [7, 11) is 1.81. The number of hydrogen-bond acceptors (Lipinski definition) is 5. The van der Waals surface area contributed by atoms with Gasteiger partial charge < -0.3 is 9.64 Å². The van der Waals surface area contributed by atoms with Gasteiger partial charge in [-0.1, -0.05) is 18.2 Å². The van der Waals surface area contributed by atoms with Crippen LogP contribution in [-0.4, -0.2) is 32.6 Å². The Bertz CT molecular complexity index is 1150. The van der Waals surface area contributed by atoms with E-state index >= 15 is 0 Å². The lowest BCUT2D eigenvalue weighted by molar-refractivity contribution is 0.0784. The maximum absolute atomic E-state index is 13.0. The van der Waals surface area contributed by atoms with Gasteiger partial charge in [-0.25, -0.2) is 9.67 Å². The Morgan fingerprint density at radius 3 is 2.52 bits per heavy atom. The zero-order chi connectivity index (χ0) is 21.8. The van der Waals surface area contributed by atoms with Crippen molar-refractivity contribution < 1.29 is 9.53 Å². The number of carbonyl (C=O) groups is 1. The van der Waals surface area contributed by atoms with E-state index in [0.717, 1.165) is 28.3 Å². The Balaban J connectivity index is 1.43. The average molecular weight is 433 g/mol. The second-order valence-electron chi connectivity index (χ2n) is 7.35. The van der Waals surface area contributed by atoms with Gasteiger partial charge in [-0.05, 0) is 50.2 Å². The van der Waals surface area contributed by atoms with E-state index in [-0.39, 0.29) is 5.91 Å². The van der Waals surface area contributed by atoms with E-state index in [9.17, 15) is 4.79 Å². The van der Waals surface area contributed by atoms with Gasteiger partial charge in [0.2, 0.25) is 0 Å². The first kappa shape index (κ1) is 20.8. The van der Waals surface area contributed by atoms with E-state index in [0.29, 0.717) is 24.5 Å². The van der Waals surface area contributed by atoms with Crippen LogP contribution in [0.2, 0.25) is 0 Å². The van der Waals surface area contributed by atoms with Gasteiger partial charge in [0.05, 0.1) is 22.6 Å². The number of carbonyl (C=O) groups excluding carboxylic acids is 1. The van der Waals surface area contributed by atoms with E-state index in [1.54, 1.807) is 22.5 Å². The fraction of sp³-hybridized carbons (Fsp3) is 0.208. The number of benzene rings is 2. The molecule has 0 aliphatic carbocycles. The van der Waals surface area contributed by atoms with Crippen molar-refractivity contribution in [1.29, 1.82) is 0 Å². The van der Waals surface area contributed by atoms with E-state index < -0.39 is 0 Å². The molecule has 0 atom stereocenters. The standard InChI is InChI=1S/C24H24N4O2S/c1-17-23(18(2)28(26-17)21-7-5-4-6-8-21)13-27(3)24(29)19-9-11-22(12-10-19)30-14-20-15-31-16-25-20/h4-12,15-16H,13-14H2,1-3H3. The minimum Gasteiger partial charge on any atom is -0.487 e. The first-order chi connectivity index (χ1) is 15.0. The SMILES string of the molecule is Cc1nn(-c2ccccc2)c(C)c1CN(C)C(=O)c1ccc(OCc2cscn2)cc1. The maximum atomic E-state index is 13.0. The molecule has 0 saturated carbocycles. The van der Waals surface area contributed by atoms with E-state index in [1.165, 1.54) is 11.3 Å². The molecule has 4 aromatic rings. The Kier molecular flexibility index (Phi) is 6.13. The molecular formula is C24H24N4O2S. The average Bonchev–Trinajstić information content (AvgIpc) is 3.42. The number of ether oxygens (including phenoxy) is 1. The van der Waals surface area contributed by atoms with Gasteiger partial charge in [-0.3, -0.25) is 4.79 Å². The van der Waals surface area contributed by atoms with Gasteiger partial charge in [0.15, 0.2) is 0 Å². The number of amides is 1. The van der Waals surface area contributed by atoms with Crippen LogP contribution in [0.1, 0.15) is 33.0 Å². The minimum absolute atomic E-state index is 0.0442. The van der Waals surface area contributed by atoms with Crippen molar-refractivity contribution in [3.8, 4) is 11.4 Å². The summed E-state index contributed by atoms with van der Waals surface area (Å²) in [5.41, 5.74) is 7.32. The highest BCUT2D eigenvalue weighted by molar-refractivity contribution is 7.07. The summed E-state index contributed by atoms with van der Waals surface area (Å²) in [6, 6.07) is 17.2. The number of aromatic nitrogens is 3. The molecule has 0 N–H and O–H groups in total. The summed E-state index contributed by atoms with van der Waals surface area (Å²) in [6.07, 6.45) is 0. The molecule has 0 fully saturated rings. The monoisotopic (exact) mass is 432 g/mol. The third-order valence-electron chi connectivity index (χ3n) is 5.16. The summed E-state index contributed by atoms with van der Waals surface area (Å²) in [4.78, 5) is 18.9. The third kappa shape index (κ3) is 4.67. The van der Waals surface area contributed by atoms with Gasteiger partial charge in [0, 0.05) is 35.8 Å². The van der Waals surface area contributed by atoms with Crippen molar-refractivity contribution in [3.05, 3.63) is 93.7 Å². The number of aryl methyl sites for hydroxylation is 1. The molecule has 2 heterocycles. The molecule has 2 aromatic heterocycles. The van der Waals surface area contributed by atoms with Crippen molar-refractivity contribution in [3.63, 3.8) is 0 Å². The van der Waals surface area contributed by atoms with Crippen molar-refractivity contribution >= 4 is 17.2 Å². The summed E-state index contributed by atoms with van der Waals surface area (Å²) in [6.45, 7) is 4.93. The van der Waals surface area contributed by atoms with Gasteiger partial charge >= 0.3 is 0 Å². The van der Waals surface area contributed by atoms with Gasteiger partial charge in [-0.2, -0.15) is 5.10 Å². The Hall–Kier alpha value is -3.45. The summed E-state index contributed by atoms with van der Waals surface area (Å²) >= 11 is 1.54. The second-order valence-corrected chi connectivity index (χ2v) is 8.07. The number of rotatable bonds is 7. The highest BCUT2D eigenvalue weighted by atomic mass is 32.1. The molecule has 4 rings (SSSR count). The van der Waals surface area contributed by atoms with E-state index in [2.05, 4.69) is 10.1 Å². The van der Waals surface area contributed by atoms with Crippen LogP contribution in [0.15, 0.2) is 65.5 Å². The molecule has 0 aliphatic heterocycles. The predicted octanol–water partition coefficient (Wildman–Crippen LogP) is 4.80. The number of thiazole rings is 1. The largest absolute Gasteiger partial charge is 0.487 e. The highest BCUT2D eigenvalue weighted by Crippen LogP contribution is 2.21. The molecule has 0 aliphatic rings. The fourth-order valence-corrected chi connectivity index (χ4v) is 3.96. The normalized spacial score (nSPS) is 10.8. The fourth-order valence-electron chi connectivity index (χ4n) is 3.41. The number of para-hydroxylation sites is 1. The summed E-state index contributed by atoms with van der Waals surface area (Å²) < 4.78 is 7.65. The maximum Gasteiger partial charge on any atom is 0.253 e. The molecule has 6 nitrogen and oxygen atoms in total. The lowest BCUT2D eigenvalue weighted by atomic mass is 10.1. The molecule has 158 valence electrons. The molecule has 2 aromatic carbocycles. The zero-order valence-electron chi connectivity index (χ0n) is 17.8. The second kappa shape index (κ2) is 9.14. The van der Waals surface area contributed by atoms with Crippen LogP contribution in [0.25, 0.3) is 5.69 Å². The molecule has 1 amide bonds. The van der Waals surface area contributed by atoms with Crippen molar-refractivity contribution in [2.45, 2.75) is 27.0 Å². The Labute approximate surface area is 185 Å². The van der Waals surface area contributed by atoms with Gasteiger partial charge in [0.25, 0.3) is 5.91 Å². The third-order valence-corrected chi connectivity index (χ3v) is 5.79. The summed E-state index contributed by atoms with van der Waals surface area (Å²) in [5.74, 6) is 0.667. The molecule has 31 heavy (non-hydrogen) atoms. The topological polar surface area (TPSA) is 60.2 Å². The minimum atomic E-state index is -0.0442. The number of hydrogen-bond donors (Lipinski definition) is 0. The zero-order valence-corrected chi connectivity index (χ0v) is 18.6. The number of nitrogens with zero attached hydrogens (tertiary/aromatic N) is 4. The van der Waals surface area contributed by atoms with Crippen LogP contribution in [0.3, 0.4) is 0 Å². The first-order valence-electron chi connectivity index (χ1n) is 9.99. The van der Waals surface area contributed by atoms with Crippen LogP contribution in [0.5, 0.6) is 5.75 Å². The van der Waals surface area contributed by atoms with Crippen LogP contribution < -0.4 is 4.74 Å².